The summed E-state index contributed by atoms with van der Waals surface area (Å²) in [5.41, 5.74) is 36.9. The fourth-order valence-corrected chi connectivity index (χ4v) is 6.62. The van der Waals surface area contributed by atoms with Gasteiger partial charge in [-0.25, -0.2) is 4.68 Å². The highest BCUT2D eigenvalue weighted by molar-refractivity contribution is 5.02. The third-order valence-corrected chi connectivity index (χ3v) is 9.50. The molecule has 5 rings (SSSR count). The molecule has 49 heavy (non-hydrogen) atoms. The first-order chi connectivity index (χ1) is 23.3. The highest BCUT2D eigenvalue weighted by atomic mass is 16.8. The maximum Gasteiger partial charge on any atom is 0.187 e. The monoisotopic (exact) mass is 708 g/mol. The first-order valence-electron chi connectivity index (χ1n) is 16.3. The van der Waals surface area contributed by atoms with E-state index in [1.807, 2.05) is 0 Å². The van der Waals surface area contributed by atoms with E-state index < -0.39 is 116 Å². The van der Waals surface area contributed by atoms with E-state index in [4.69, 9.17) is 62.8 Å². The molecule has 19 atom stereocenters. The summed E-state index contributed by atoms with van der Waals surface area (Å²) in [5.74, 6) is 0. The summed E-state index contributed by atoms with van der Waals surface area (Å²) >= 11 is 0. The van der Waals surface area contributed by atoms with Crippen LogP contribution in [0.25, 0.3) is 0 Å². The van der Waals surface area contributed by atoms with Crippen LogP contribution in [0.15, 0.2) is 6.20 Å². The number of ether oxygens (including phenoxy) is 6. The van der Waals surface area contributed by atoms with E-state index in [0.29, 0.717) is 12.2 Å². The summed E-state index contributed by atoms with van der Waals surface area (Å²) in [7, 11) is 1.75. The third kappa shape index (κ3) is 8.07. The van der Waals surface area contributed by atoms with Crippen LogP contribution in [0, 0.1) is 0 Å². The molecule has 3 aliphatic heterocycles. The van der Waals surface area contributed by atoms with Crippen molar-refractivity contribution in [3.8, 4) is 0 Å². The predicted octanol–water partition coefficient (Wildman–Crippen LogP) is -8.88. The van der Waals surface area contributed by atoms with Gasteiger partial charge in [0, 0.05) is 37.9 Å². The number of hydrogen-bond acceptors (Lipinski definition) is 21. The van der Waals surface area contributed by atoms with Crippen molar-refractivity contribution < 1.29 is 59.1 Å². The zero-order valence-electron chi connectivity index (χ0n) is 27.0. The molecule has 3 saturated heterocycles. The summed E-state index contributed by atoms with van der Waals surface area (Å²) in [4.78, 5) is 0. The zero-order valence-corrected chi connectivity index (χ0v) is 27.0. The molecular formula is C27H52N10O12. The van der Waals surface area contributed by atoms with Gasteiger partial charge in [0.2, 0.25) is 0 Å². The Morgan fingerprint density at radius 1 is 0.714 bits per heavy atom. The standard InChI is InChI=1S/C27H52N10O12/c1-34-5-8-6-37(36-35-8)7-13-23(48-26-15(33)20(42)18(40)12(4-29)45-26)21(43)27(46-13)49-24-16(38)9(30)2-10(31)22(24)47-25-14(32)19(41)17(39)11(3-28)44-25/h6,9-27,34,38-43H,2-5,7,28-33H2,1H3/t9-,10+,11-,12+,13-,14-,15-,16+,17-,18-,19-,20-,21-,22-,23-,24-,25-,26-,27+/m1/s1. The van der Waals surface area contributed by atoms with Gasteiger partial charge in [-0.2, -0.15) is 0 Å². The normalized spacial score (nSPS) is 47.8. The molecule has 1 aliphatic carbocycles. The summed E-state index contributed by atoms with van der Waals surface area (Å²) in [5, 5.41) is 75.7. The smallest absolute Gasteiger partial charge is 0.187 e. The van der Waals surface area contributed by atoms with Gasteiger partial charge < -0.3 is 98.8 Å². The number of rotatable bonds is 12. The molecule has 4 heterocycles. The second-order valence-corrected chi connectivity index (χ2v) is 13.0. The topological polar surface area (TPSA) is 376 Å². The molecule has 0 unspecified atom stereocenters. The van der Waals surface area contributed by atoms with Crippen LogP contribution >= 0.6 is 0 Å². The summed E-state index contributed by atoms with van der Waals surface area (Å²) < 4.78 is 37.5. The van der Waals surface area contributed by atoms with Gasteiger partial charge in [0.1, 0.15) is 67.1 Å². The number of nitrogens with two attached hydrogens (primary N) is 6. The molecule has 0 aromatic carbocycles. The molecule has 22 heteroatoms. The van der Waals surface area contributed by atoms with Gasteiger partial charge in [-0.15, -0.1) is 5.10 Å². The van der Waals surface area contributed by atoms with Crippen LogP contribution in [-0.4, -0.2) is 182 Å². The lowest BCUT2D eigenvalue weighted by atomic mass is 9.84. The van der Waals surface area contributed by atoms with Gasteiger partial charge in [-0.05, 0) is 13.5 Å². The maximum absolute atomic E-state index is 11.6. The minimum atomic E-state index is -1.57. The molecule has 1 aromatic heterocycles. The predicted molar refractivity (Wildman–Crippen MR) is 164 cm³/mol. The Bertz CT molecular complexity index is 1190. The van der Waals surface area contributed by atoms with Gasteiger partial charge in [0.05, 0.1) is 30.4 Å². The average Bonchev–Trinajstić information content (AvgIpc) is 3.64. The molecular weight excluding hydrogens is 656 g/mol. The average molecular weight is 709 g/mol. The van der Waals surface area contributed by atoms with E-state index in [1.165, 1.54) is 4.68 Å². The summed E-state index contributed by atoms with van der Waals surface area (Å²) in [6.07, 6.45) is -17.8. The maximum atomic E-state index is 11.6. The minimum Gasteiger partial charge on any atom is -0.389 e. The fraction of sp³-hybridized carbons (Fsp3) is 0.926. The van der Waals surface area contributed by atoms with Crippen molar-refractivity contribution >= 4 is 0 Å². The van der Waals surface area contributed by atoms with Crippen LogP contribution in [0.2, 0.25) is 0 Å². The molecule has 22 nitrogen and oxygen atoms in total. The number of nitrogens with zero attached hydrogens (tertiary/aromatic N) is 3. The Kier molecular flexibility index (Phi) is 12.9. The molecule has 0 amide bonds. The Hall–Kier alpha value is -1.62. The van der Waals surface area contributed by atoms with E-state index >= 15 is 0 Å². The number of hydrogen-bond donors (Lipinski definition) is 13. The van der Waals surface area contributed by atoms with Crippen molar-refractivity contribution in [2.45, 2.75) is 136 Å². The van der Waals surface area contributed by atoms with Crippen molar-refractivity contribution in [3.05, 3.63) is 11.9 Å². The molecule has 4 fully saturated rings. The van der Waals surface area contributed by atoms with Crippen LogP contribution in [-0.2, 0) is 41.5 Å². The van der Waals surface area contributed by atoms with Crippen LogP contribution in [0.1, 0.15) is 12.1 Å². The fourth-order valence-electron chi connectivity index (χ4n) is 6.62. The number of aliphatic hydroxyl groups is 6. The quantitative estimate of drug-likeness (QED) is 0.0958. The Morgan fingerprint density at radius 2 is 1.24 bits per heavy atom. The first-order valence-corrected chi connectivity index (χ1v) is 16.3. The molecule has 0 bridgehead atoms. The molecule has 0 radical (unpaired) electrons. The van der Waals surface area contributed by atoms with E-state index in [1.54, 1.807) is 13.2 Å². The van der Waals surface area contributed by atoms with Crippen LogP contribution in [0.3, 0.4) is 0 Å². The van der Waals surface area contributed by atoms with Gasteiger partial charge in [-0.3, -0.25) is 0 Å². The van der Waals surface area contributed by atoms with Crippen molar-refractivity contribution in [1.29, 1.82) is 0 Å². The Labute approximate surface area is 281 Å². The number of aromatic nitrogens is 3. The number of nitrogens with one attached hydrogen (secondary N) is 1. The van der Waals surface area contributed by atoms with E-state index in [2.05, 4.69) is 15.6 Å². The van der Waals surface area contributed by atoms with Crippen molar-refractivity contribution in [2.75, 3.05) is 20.1 Å². The lowest BCUT2D eigenvalue weighted by Gasteiger charge is -2.47. The second kappa shape index (κ2) is 16.4. The van der Waals surface area contributed by atoms with Gasteiger partial charge in [0.15, 0.2) is 18.9 Å². The van der Waals surface area contributed by atoms with Crippen LogP contribution in [0.5, 0.6) is 0 Å². The van der Waals surface area contributed by atoms with Crippen molar-refractivity contribution in [3.63, 3.8) is 0 Å². The molecule has 4 aliphatic rings. The SMILES string of the molecule is CNCc1cn(C[C@H]2O[C@@H](O[C@@H]3[C@@H](O)[C@H](N)C[C@H](N)[C@H]3O[C@H]3O[C@H](CN)[C@@H](O)[C@H](O)[C@H]3N)[C@H](O)[C@@H]2O[C@H]2O[C@@H](CN)[C@@H](O)[C@H](O)[C@H]2N)nn1. The van der Waals surface area contributed by atoms with Gasteiger partial charge >= 0.3 is 0 Å². The van der Waals surface area contributed by atoms with E-state index in [0.717, 1.165) is 0 Å². The van der Waals surface area contributed by atoms with E-state index in [9.17, 15) is 30.6 Å². The highest BCUT2D eigenvalue weighted by Crippen LogP contribution is 2.35. The summed E-state index contributed by atoms with van der Waals surface area (Å²) in [6.45, 7) is 0.111. The number of aliphatic hydroxyl groups excluding tert-OH is 6. The zero-order chi connectivity index (χ0) is 35.7. The van der Waals surface area contributed by atoms with Gasteiger partial charge in [-0.1, -0.05) is 5.21 Å². The largest absolute Gasteiger partial charge is 0.389 e. The van der Waals surface area contributed by atoms with Crippen molar-refractivity contribution in [2.24, 2.45) is 34.4 Å². The highest BCUT2D eigenvalue weighted by Gasteiger charge is 2.54. The second-order valence-electron chi connectivity index (χ2n) is 13.0. The lowest BCUT2D eigenvalue weighted by molar-refractivity contribution is -0.306. The van der Waals surface area contributed by atoms with Crippen LogP contribution < -0.4 is 39.7 Å². The molecule has 282 valence electrons. The lowest BCUT2D eigenvalue weighted by Crippen LogP contribution is -2.68. The Balaban J connectivity index is 1.38. The molecule has 19 N–H and O–H groups in total. The van der Waals surface area contributed by atoms with Crippen LogP contribution in [0.4, 0.5) is 0 Å². The van der Waals surface area contributed by atoms with Gasteiger partial charge in [0.25, 0.3) is 0 Å². The van der Waals surface area contributed by atoms with Crippen molar-refractivity contribution in [1.82, 2.24) is 20.3 Å². The van der Waals surface area contributed by atoms with E-state index in [-0.39, 0.29) is 26.1 Å². The molecule has 1 aromatic rings. The third-order valence-electron chi connectivity index (χ3n) is 9.50. The molecule has 0 spiro atoms. The minimum absolute atomic E-state index is 0.0105. The Morgan fingerprint density at radius 3 is 1.80 bits per heavy atom. The first kappa shape index (κ1) is 38.6. The molecule has 1 saturated carbocycles. The summed E-state index contributed by atoms with van der Waals surface area (Å²) in [6, 6.07) is -4.19.